The average molecular weight is 803 g/mol. The maximum atomic E-state index is 13.3. The zero-order valence-electron chi connectivity index (χ0n) is 33.8. The summed E-state index contributed by atoms with van der Waals surface area (Å²) >= 11 is 0. The van der Waals surface area contributed by atoms with E-state index in [4.69, 9.17) is 0 Å². The van der Waals surface area contributed by atoms with E-state index >= 15 is 0 Å². The fourth-order valence-electron chi connectivity index (χ4n) is 7.75. The molecule has 0 unspecified atom stereocenters. The largest absolute Gasteiger partial charge is 0.338 e. The molecule has 6 rings (SSSR count). The molecule has 4 amide bonds. The molecule has 58 heavy (non-hydrogen) atoms. The number of urea groups is 2. The van der Waals surface area contributed by atoms with E-state index in [2.05, 4.69) is 20.4 Å². The molecule has 2 aliphatic heterocycles. The molecule has 0 atom stereocenters. The first-order valence-corrected chi connectivity index (χ1v) is 20.7. The molecule has 312 valence electrons. The fraction of sp³-hybridized carbons (Fsp3) is 0.435. The number of amides is 4. The predicted octanol–water partition coefficient (Wildman–Crippen LogP) is 8.45. The normalized spacial score (nSPS) is 15.0. The van der Waals surface area contributed by atoms with Gasteiger partial charge >= 0.3 is 12.1 Å². The van der Waals surface area contributed by atoms with E-state index in [9.17, 15) is 27.2 Å². The van der Waals surface area contributed by atoms with E-state index in [1.807, 2.05) is 72.2 Å². The lowest BCUT2D eigenvalue weighted by atomic mass is 9.87. The van der Waals surface area contributed by atoms with E-state index < -0.39 is 0 Å². The second-order valence-corrected chi connectivity index (χ2v) is 14.9. The molecule has 0 radical (unpaired) electrons. The maximum absolute atomic E-state index is 13.3. The van der Waals surface area contributed by atoms with Gasteiger partial charge in [0.25, 0.3) is 0 Å². The molecule has 0 spiro atoms. The van der Waals surface area contributed by atoms with Gasteiger partial charge in [-0.1, -0.05) is 48.5 Å². The molecule has 0 aromatic heterocycles. The molecule has 4 aromatic rings. The van der Waals surface area contributed by atoms with Crippen LogP contribution in [0.2, 0.25) is 0 Å². The Bertz CT molecular complexity index is 1590. The number of nitrogens with one attached hydrogen (secondary N) is 2. The highest BCUT2D eigenvalue weighted by Gasteiger charge is 2.23. The summed E-state index contributed by atoms with van der Waals surface area (Å²) in [6.07, 6.45) is 3.74. The van der Waals surface area contributed by atoms with Crippen LogP contribution in [0.25, 0.3) is 0 Å². The van der Waals surface area contributed by atoms with Gasteiger partial charge in [0.1, 0.15) is 23.3 Å². The Kier molecular flexibility index (Phi) is 17.4. The van der Waals surface area contributed by atoms with Crippen LogP contribution in [0.5, 0.6) is 0 Å². The van der Waals surface area contributed by atoms with Crippen LogP contribution < -0.4 is 10.6 Å². The molecule has 2 saturated heterocycles. The first-order chi connectivity index (χ1) is 28.1. The summed E-state index contributed by atoms with van der Waals surface area (Å²) in [5.74, 6) is -0.804. The Balaban J connectivity index is 0.000000221. The number of nitrogens with zero attached hydrogens (tertiary/aromatic N) is 4. The van der Waals surface area contributed by atoms with Crippen molar-refractivity contribution < 1.29 is 27.2 Å². The van der Waals surface area contributed by atoms with Gasteiger partial charge in [0.2, 0.25) is 0 Å². The molecule has 8 nitrogen and oxygen atoms in total. The van der Waals surface area contributed by atoms with E-state index in [0.717, 1.165) is 113 Å². The van der Waals surface area contributed by atoms with Gasteiger partial charge in [0.15, 0.2) is 0 Å². The molecule has 0 bridgehead atoms. The van der Waals surface area contributed by atoms with Crippen LogP contribution in [0.1, 0.15) is 73.6 Å². The van der Waals surface area contributed by atoms with Gasteiger partial charge in [-0.25, -0.2) is 27.2 Å². The van der Waals surface area contributed by atoms with Crippen molar-refractivity contribution in [2.75, 3.05) is 78.5 Å². The van der Waals surface area contributed by atoms with Crippen molar-refractivity contribution in [2.24, 2.45) is 0 Å². The summed E-state index contributed by atoms with van der Waals surface area (Å²) in [4.78, 5) is 32.3. The number of halogens is 4. The summed E-state index contributed by atoms with van der Waals surface area (Å²) < 4.78 is 53.4. The topological polar surface area (TPSA) is 71.2 Å². The molecule has 2 N–H and O–H groups in total. The third-order valence-electron chi connectivity index (χ3n) is 11.0. The predicted molar refractivity (Wildman–Crippen MR) is 222 cm³/mol. The summed E-state index contributed by atoms with van der Waals surface area (Å²) in [6, 6.07) is 26.4. The highest BCUT2D eigenvalue weighted by molar-refractivity contribution is 5.74. The average Bonchev–Trinajstić information content (AvgIpc) is 3.24. The van der Waals surface area contributed by atoms with Crippen LogP contribution in [0.4, 0.5) is 27.2 Å². The minimum absolute atomic E-state index is 0.0137. The van der Waals surface area contributed by atoms with Gasteiger partial charge in [0, 0.05) is 77.3 Å². The zero-order valence-corrected chi connectivity index (χ0v) is 33.8. The second-order valence-electron chi connectivity index (χ2n) is 14.9. The third kappa shape index (κ3) is 13.6. The van der Waals surface area contributed by atoms with Gasteiger partial charge in [-0.15, -0.1) is 0 Å². The summed E-state index contributed by atoms with van der Waals surface area (Å²) in [6.45, 7) is 13.5. The Morgan fingerprint density at radius 3 is 0.966 bits per heavy atom. The zero-order chi connectivity index (χ0) is 41.3. The third-order valence-corrected chi connectivity index (χ3v) is 11.0. The van der Waals surface area contributed by atoms with Crippen molar-refractivity contribution in [1.29, 1.82) is 0 Å². The first kappa shape index (κ1) is 44.2. The van der Waals surface area contributed by atoms with Crippen LogP contribution in [-0.4, -0.2) is 110 Å². The highest BCUT2D eigenvalue weighted by atomic mass is 19.1. The highest BCUT2D eigenvalue weighted by Crippen LogP contribution is 2.31. The summed E-state index contributed by atoms with van der Waals surface area (Å²) in [5, 5.41) is 5.69. The van der Waals surface area contributed by atoms with Crippen molar-refractivity contribution in [3.05, 3.63) is 143 Å². The fourth-order valence-corrected chi connectivity index (χ4v) is 7.75. The van der Waals surface area contributed by atoms with E-state index in [0.29, 0.717) is 13.1 Å². The van der Waals surface area contributed by atoms with E-state index in [1.165, 1.54) is 48.5 Å². The maximum Gasteiger partial charge on any atom is 0.317 e. The molecule has 0 saturated carbocycles. The van der Waals surface area contributed by atoms with Crippen molar-refractivity contribution in [3.63, 3.8) is 0 Å². The van der Waals surface area contributed by atoms with Crippen LogP contribution in [0, 0.1) is 23.3 Å². The van der Waals surface area contributed by atoms with Crippen molar-refractivity contribution in [1.82, 2.24) is 30.2 Å². The van der Waals surface area contributed by atoms with Gasteiger partial charge < -0.3 is 20.4 Å². The first-order valence-electron chi connectivity index (χ1n) is 20.7. The number of carbonyl (C=O) groups excluding carboxylic acids is 2. The van der Waals surface area contributed by atoms with Crippen LogP contribution in [-0.2, 0) is 0 Å². The van der Waals surface area contributed by atoms with Gasteiger partial charge in [0.05, 0.1) is 0 Å². The number of benzene rings is 4. The quantitative estimate of drug-likeness (QED) is 0.126. The molecule has 12 heteroatoms. The summed E-state index contributed by atoms with van der Waals surface area (Å²) in [7, 11) is 0. The van der Waals surface area contributed by atoms with Gasteiger partial charge in [-0.2, -0.15) is 0 Å². The lowest BCUT2D eigenvalue weighted by Gasteiger charge is -2.34. The Morgan fingerprint density at radius 1 is 0.466 bits per heavy atom. The van der Waals surface area contributed by atoms with Crippen LogP contribution in [0.3, 0.4) is 0 Å². The molecular weight excluding hydrogens is 745 g/mol. The lowest BCUT2D eigenvalue weighted by molar-refractivity contribution is 0.138. The van der Waals surface area contributed by atoms with Crippen molar-refractivity contribution in [2.45, 2.75) is 51.4 Å². The molecule has 4 aromatic carbocycles. The molecule has 2 heterocycles. The second kappa shape index (κ2) is 22.9. The lowest BCUT2D eigenvalue weighted by Crippen LogP contribution is -2.51. The number of carbonyl (C=O) groups is 2. The SMILES string of the molecule is CCNC(=O)N1CCN(CCCC(c2ccc(F)cc2)c2ccc(F)cc2)CC1.CCNC(=O)N1CCN(CCCC(c2ccc(F)cc2)c2ccc(F)cc2)CC1. The van der Waals surface area contributed by atoms with Crippen molar-refractivity contribution >= 4 is 12.1 Å². The van der Waals surface area contributed by atoms with Crippen molar-refractivity contribution in [3.8, 4) is 0 Å². The standard InChI is InChI=1S/2C23H29F2N3O/c2*1-2-26-23(29)28-16-14-27(15-17-28)13-3-4-22(18-5-9-20(24)10-6-18)19-7-11-21(25)12-8-19/h2*5-12,22H,2-4,13-17H2,1H3,(H,26,29). The molecule has 0 aliphatic carbocycles. The Morgan fingerprint density at radius 2 is 0.724 bits per heavy atom. The summed E-state index contributed by atoms with van der Waals surface area (Å²) in [5.41, 5.74) is 4.16. The van der Waals surface area contributed by atoms with Gasteiger partial charge in [-0.3, -0.25) is 9.80 Å². The Labute approximate surface area is 341 Å². The Hall–Kier alpha value is -4.94. The van der Waals surface area contributed by atoms with Crippen LogP contribution >= 0.6 is 0 Å². The smallest absolute Gasteiger partial charge is 0.317 e. The number of hydrogen-bond acceptors (Lipinski definition) is 4. The number of rotatable bonds is 14. The van der Waals surface area contributed by atoms with Gasteiger partial charge in [-0.05, 0) is 123 Å². The number of piperazine rings is 2. The minimum atomic E-state index is -0.253. The van der Waals surface area contributed by atoms with E-state index in [-0.39, 0.29) is 47.2 Å². The van der Waals surface area contributed by atoms with Crippen LogP contribution in [0.15, 0.2) is 97.1 Å². The number of hydrogen-bond donors (Lipinski definition) is 2. The monoisotopic (exact) mass is 802 g/mol. The molecule has 2 fully saturated rings. The minimum Gasteiger partial charge on any atom is -0.338 e. The molecule has 2 aliphatic rings. The van der Waals surface area contributed by atoms with E-state index in [1.54, 1.807) is 0 Å². The molecular formula is C46H58F4N6O2.